The molecule has 1 amide bonds. The summed E-state index contributed by atoms with van der Waals surface area (Å²) >= 11 is 0. The molecule has 35 heavy (non-hydrogen) atoms. The highest BCUT2D eigenvalue weighted by Gasteiger charge is 2.34. The number of hydrogen-bond acceptors (Lipinski definition) is 7. The summed E-state index contributed by atoms with van der Waals surface area (Å²) in [5.41, 5.74) is 0.484. The molecule has 3 aromatic heterocycles. The van der Waals surface area contributed by atoms with Gasteiger partial charge in [-0.05, 0) is 12.1 Å². The molecule has 0 spiro atoms. The molecule has 0 unspecified atom stereocenters. The number of aryl methyl sites for hydroxylation is 1. The van der Waals surface area contributed by atoms with E-state index in [1.807, 2.05) is 0 Å². The van der Waals surface area contributed by atoms with Crippen molar-refractivity contribution in [2.24, 2.45) is 7.05 Å². The molecule has 3 aromatic rings. The number of alkyl halides is 6. The summed E-state index contributed by atoms with van der Waals surface area (Å²) < 4.78 is 104. The zero-order chi connectivity index (χ0) is 26.3. The van der Waals surface area contributed by atoms with E-state index < -0.39 is 50.9 Å². The van der Waals surface area contributed by atoms with Gasteiger partial charge in [-0.25, -0.2) is 28.4 Å². The summed E-state index contributed by atoms with van der Waals surface area (Å²) in [4.78, 5) is 23.0. The Labute approximate surface area is 194 Å². The zero-order valence-electron chi connectivity index (χ0n) is 18.4. The van der Waals surface area contributed by atoms with Crippen molar-refractivity contribution in [3.8, 4) is 11.5 Å². The molecule has 0 fully saturated rings. The second-order valence-electron chi connectivity index (χ2n) is 7.37. The number of carbonyl (C=O) groups is 1. The Morgan fingerprint density at radius 2 is 1.77 bits per heavy atom. The molecule has 9 nitrogen and oxygen atoms in total. The van der Waals surface area contributed by atoms with Crippen molar-refractivity contribution in [3.05, 3.63) is 30.1 Å². The van der Waals surface area contributed by atoms with Crippen LogP contribution in [0, 0.1) is 0 Å². The van der Waals surface area contributed by atoms with E-state index in [2.05, 4.69) is 20.4 Å². The highest BCUT2D eigenvalue weighted by molar-refractivity contribution is 7.91. The monoisotopic (exact) mass is 524 g/mol. The van der Waals surface area contributed by atoms with Crippen LogP contribution in [0.2, 0.25) is 0 Å². The van der Waals surface area contributed by atoms with E-state index in [4.69, 9.17) is 0 Å². The van der Waals surface area contributed by atoms with Crippen molar-refractivity contribution in [2.75, 3.05) is 17.7 Å². The molecule has 16 heteroatoms. The number of aromatic nitrogens is 4. The average Bonchev–Trinajstić information content (AvgIpc) is 3.07. The van der Waals surface area contributed by atoms with Crippen molar-refractivity contribution in [1.29, 1.82) is 0 Å². The van der Waals surface area contributed by atoms with Crippen molar-refractivity contribution >= 4 is 32.6 Å². The van der Waals surface area contributed by atoms with Gasteiger partial charge in [0.05, 0.1) is 28.1 Å². The fraction of sp³-hybridized carbons (Fsp3) is 0.368. The molecule has 190 valence electrons. The largest absolute Gasteiger partial charge is 0.417 e. The predicted octanol–water partition coefficient (Wildman–Crippen LogP) is 3.58. The number of sulfone groups is 1. The molecule has 3 rings (SSSR count). The Hall–Kier alpha value is -3.43. The quantitative estimate of drug-likeness (QED) is 0.388. The van der Waals surface area contributed by atoms with Gasteiger partial charge in [0.25, 0.3) is 0 Å². The Morgan fingerprint density at radius 3 is 2.31 bits per heavy atom. The topological polar surface area (TPSA) is 110 Å². The molecule has 1 N–H and O–H groups in total. The van der Waals surface area contributed by atoms with Crippen LogP contribution in [0.3, 0.4) is 0 Å². The molecule has 0 saturated heterocycles. The Morgan fingerprint density at radius 1 is 1.11 bits per heavy atom. The summed E-state index contributed by atoms with van der Waals surface area (Å²) in [7, 11) is -2.67. The van der Waals surface area contributed by atoms with Gasteiger partial charge in [0.2, 0.25) is 5.91 Å². The lowest BCUT2D eigenvalue weighted by Crippen LogP contribution is -2.41. The highest BCUT2D eigenvalue weighted by atomic mass is 32.2. The minimum absolute atomic E-state index is 0.0183. The number of fused-ring (bicyclic) bond motifs is 1. The summed E-state index contributed by atoms with van der Waals surface area (Å²) in [6.45, 7) is 0.542. The fourth-order valence-corrected chi connectivity index (χ4v) is 4.13. The molecule has 0 radical (unpaired) electrons. The van der Waals surface area contributed by atoms with Crippen molar-refractivity contribution < 1.29 is 39.6 Å². The smallest absolute Gasteiger partial charge is 0.310 e. The highest BCUT2D eigenvalue weighted by Crippen LogP contribution is 2.33. The zero-order valence-corrected chi connectivity index (χ0v) is 19.2. The van der Waals surface area contributed by atoms with Gasteiger partial charge >= 0.3 is 12.4 Å². The summed E-state index contributed by atoms with van der Waals surface area (Å²) in [5, 5.41) is 0.233. The number of carbonyl (C=O) groups excluding carboxylic acids is 1. The van der Waals surface area contributed by atoms with Gasteiger partial charge in [0, 0.05) is 20.2 Å². The number of amides is 1. The third kappa shape index (κ3) is 5.63. The second kappa shape index (κ2) is 8.98. The van der Waals surface area contributed by atoms with Gasteiger partial charge in [0.1, 0.15) is 17.8 Å². The van der Waals surface area contributed by atoms with Crippen molar-refractivity contribution in [3.63, 3.8) is 0 Å². The first-order valence-corrected chi connectivity index (χ1v) is 11.4. The number of nitrogens with one attached hydrogen (secondary N) is 1. The molecule has 0 aliphatic carbocycles. The number of pyridine rings is 2. The maximum absolute atomic E-state index is 13.0. The Balaban J connectivity index is 2.15. The molecule has 0 atom stereocenters. The fourth-order valence-electron chi connectivity index (χ4n) is 3.07. The first-order valence-electron chi connectivity index (χ1n) is 9.78. The van der Waals surface area contributed by atoms with Crippen LogP contribution in [-0.4, -0.2) is 57.3 Å². The summed E-state index contributed by atoms with van der Waals surface area (Å²) in [6.07, 6.45) is -7.83. The normalized spacial score (nSPS) is 12.7. The van der Waals surface area contributed by atoms with E-state index in [0.29, 0.717) is 6.20 Å². The molecule has 0 aromatic carbocycles. The van der Waals surface area contributed by atoms with E-state index in [1.54, 1.807) is 0 Å². The lowest BCUT2D eigenvalue weighted by atomic mass is 10.2. The molecule has 3 heterocycles. The van der Waals surface area contributed by atoms with E-state index in [0.717, 1.165) is 25.3 Å². The van der Waals surface area contributed by atoms with Gasteiger partial charge in [-0.1, -0.05) is 6.92 Å². The van der Waals surface area contributed by atoms with Crippen LogP contribution in [0.4, 0.5) is 32.0 Å². The van der Waals surface area contributed by atoms with Gasteiger partial charge in [-0.2, -0.15) is 26.3 Å². The maximum Gasteiger partial charge on any atom is 0.417 e. The number of hydrogen-bond donors (Lipinski definition) is 1. The Bertz CT molecular complexity index is 1380. The van der Waals surface area contributed by atoms with E-state index >= 15 is 0 Å². The van der Waals surface area contributed by atoms with Gasteiger partial charge in [-0.15, -0.1) is 0 Å². The number of rotatable bonds is 6. The van der Waals surface area contributed by atoms with Crippen molar-refractivity contribution in [2.45, 2.75) is 31.1 Å². The van der Waals surface area contributed by atoms with Crippen LogP contribution in [0.5, 0.6) is 0 Å². The number of halogens is 6. The van der Waals surface area contributed by atoms with Crippen LogP contribution in [0.1, 0.15) is 19.4 Å². The predicted molar refractivity (Wildman–Crippen MR) is 112 cm³/mol. The van der Waals surface area contributed by atoms with Crippen LogP contribution < -0.4 is 5.43 Å². The van der Waals surface area contributed by atoms with E-state index in [1.165, 1.54) is 18.5 Å². The third-order valence-electron chi connectivity index (χ3n) is 4.80. The minimum atomic E-state index is -4.74. The molecule has 0 aliphatic heterocycles. The molecular weight excluding hydrogens is 506 g/mol. The average molecular weight is 524 g/mol. The van der Waals surface area contributed by atoms with Crippen LogP contribution in [0.15, 0.2) is 29.4 Å². The molecule has 0 bridgehead atoms. The lowest BCUT2D eigenvalue weighted by molar-refractivity contribution is -0.157. The second-order valence-corrected chi connectivity index (χ2v) is 9.61. The number of hydrazine groups is 1. The van der Waals surface area contributed by atoms with Crippen molar-refractivity contribution in [1.82, 2.24) is 24.5 Å². The standard InChI is InChI=1S/C19H18F6N6O3S/c1-4-35(33,34)14-6-12(29-31(10(2)32)9-18(20,21)22)8-26-15(14)17-28-13-5-11(19(23,24)25)7-27-16(13)30(17)3/h5-8,29H,4,9H2,1-3H3. The van der Waals surface area contributed by atoms with E-state index in [9.17, 15) is 39.6 Å². The molecule has 0 aliphatic rings. The van der Waals surface area contributed by atoms with Gasteiger partial charge in [0.15, 0.2) is 21.3 Å². The first kappa shape index (κ1) is 26.2. The third-order valence-corrected chi connectivity index (χ3v) is 6.54. The lowest BCUT2D eigenvalue weighted by Gasteiger charge is -2.24. The van der Waals surface area contributed by atoms with Gasteiger partial charge in [-0.3, -0.25) is 10.2 Å². The SMILES string of the molecule is CCS(=O)(=O)c1cc(NN(CC(F)(F)F)C(C)=O)cnc1-c1nc2cc(C(F)(F)F)cnc2n1C. The first-order chi connectivity index (χ1) is 16.0. The number of nitrogens with zero attached hydrogens (tertiary/aromatic N) is 5. The molecular formula is C19H18F6N6O3S. The maximum atomic E-state index is 13.0. The number of anilines is 1. The summed E-state index contributed by atoms with van der Waals surface area (Å²) in [6, 6.07) is 1.72. The molecule has 0 saturated carbocycles. The minimum Gasteiger partial charge on any atom is -0.310 e. The number of imidazole rings is 1. The van der Waals surface area contributed by atoms with Crippen LogP contribution in [-0.2, 0) is 27.9 Å². The van der Waals surface area contributed by atoms with Crippen LogP contribution >= 0.6 is 0 Å². The van der Waals surface area contributed by atoms with Gasteiger partial charge < -0.3 is 4.57 Å². The summed E-state index contributed by atoms with van der Waals surface area (Å²) in [5.74, 6) is -1.55. The van der Waals surface area contributed by atoms with E-state index in [-0.39, 0.29) is 33.4 Å². The Kier molecular flexibility index (Phi) is 6.71. The van der Waals surface area contributed by atoms with Crippen LogP contribution in [0.25, 0.3) is 22.7 Å².